The molecule has 0 aliphatic heterocycles. The van der Waals surface area contributed by atoms with Gasteiger partial charge in [0.1, 0.15) is 5.75 Å². The lowest BCUT2D eigenvalue weighted by atomic mass is 10.1. The summed E-state index contributed by atoms with van der Waals surface area (Å²) in [5.41, 5.74) is 6.23. The molecule has 1 atom stereocenters. The van der Waals surface area contributed by atoms with E-state index in [-0.39, 0.29) is 18.6 Å². The first kappa shape index (κ1) is 14.4. The molecule has 0 aromatic carbocycles. The van der Waals surface area contributed by atoms with E-state index >= 15 is 0 Å². The van der Waals surface area contributed by atoms with E-state index in [1.165, 1.54) is 0 Å². The fraction of sp³-hybridized carbons (Fsp3) is 0.538. The zero-order valence-corrected chi connectivity index (χ0v) is 11.1. The van der Waals surface area contributed by atoms with Crippen LogP contribution in [0.15, 0.2) is 18.3 Å². The van der Waals surface area contributed by atoms with E-state index in [9.17, 15) is 4.79 Å². The third-order valence-electron chi connectivity index (χ3n) is 2.77. The average molecular weight is 251 g/mol. The summed E-state index contributed by atoms with van der Waals surface area (Å²) in [4.78, 5) is 15.7. The van der Waals surface area contributed by atoms with E-state index in [4.69, 9.17) is 10.5 Å². The predicted molar refractivity (Wildman–Crippen MR) is 70.1 cm³/mol. The van der Waals surface area contributed by atoms with Crippen molar-refractivity contribution in [1.29, 1.82) is 0 Å². The van der Waals surface area contributed by atoms with Crippen molar-refractivity contribution in [1.82, 2.24) is 10.3 Å². The highest BCUT2D eigenvalue weighted by atomic mass is 16.5. The average Bonchev–Trinajstić information content (AvgIpc) is 2.36. The number of rotatable bonds is 6. The van der Waals surface area contributed by atoms with E-state index in [2.05, 4.69) is 24.1 Å². The number of amides is 1. The van der Waals surface area contributed by atoms with Gasteiger partial charge in [-0.3, -0.25) is 9.78 Å². The van der Waals surface area contributed by atoms with Crippen molar-refractivity contribution in [3.05, 3.63) is 24.0 Å². The molecule has 5 nitrogen and oxygen atoms in total. The summed E-state index contributed by atoms with van der Waals surface area (Å²) in [6.07, 6.45) is 1.57. The Hall–Kier alpha value is -1.62. The quantitative estimate of drug-likeness (QED) is 0.793. The van der Waals surface area contributed by atoms with Crippen molar-refractivity contribution in [2.45, 2.75) is 33.4 Å². The van der Waals surface area contributed by atoms with Crippen LogP contribution in [0.3, 0.4) is 0 Å². The van der Waals surface area contributed by atoms with Gasteiger partial charge in [-0.25, -0.2) is 0 Å². The fourth-order valence-electron chi connectivity index (χ4n) is 1.23. The molecule has 0 spiro atoms. The number of nitrogens with zero attached hydrogens (tertiary/aromatic N) is 1. The van der Waals surface area contributed by atoms with Crippen LogP contribution in [0.1, 0.15) is 26.5 Å². The Morgan fingerprint density at radius 3 is 2.67 bits per heavy atom. The Morgan fingerprint density at radius 1 is 1.44 bits per heavy atom. The molecule has 0 bridgehead atoms. The molecule has 100 valence electrons. The third-order valence-corrected chi connectivity index (χ3v) is 2.77. The third kappa shape index (κ3) is 4.71. The summed E-state index contributed by atoms with van der Waals surface area (Å²) in [7, 11) is 0. The summed E-state index contributed by atoms with van der Waals surface area (Å²) in [6, 6.07) is 3.68. The molecular weight excluding hydrogens is 230 g/mol. The van der Waals surface area contributed by atoms with E-state index in [1.54, 1.807) is 18.3 Å². The number of hydrogen-bond acceptors (Lipinski definition) is 4. The lowest BCUT2D eigenvalue weighted by molar-refractivity contribution is -0.124. The molecule has 1 amide bonds. The number of nitrogens with one attached hydrogen (secondary N) is 1. The smallest absolute Gasteiger partial charge is 0.258 e. The van der Waals surface area contributed by atoms with Gasteiger partial charge in [0.25, 0.3) is 5.91 Å². The van der Waals surface area contributed by atoms with Gasteiger partial charge in [0.05, 0.1) is 11.9 Å². The number of carbonyl (C=O) groups is 1. The van der Waals surface area contributed by atoms with Crippen LogP contribution in [0, 0.1) is 5.92 Å². The van der Waals surface area contributed by atoms with E-state index in [1.807, 2.05) is 6.92 Å². The second kappa shape index (κ2) is 6.96. The number of nitrogens with two attached hydrogens (primary N) is 1. The van der Waals surface area contributed by atoms with Crippen LogP contribution in [0.25, 0.3) is 0 Å². The van der Waals surface area contributed by atoms with Crippen molar-refractivity contribution < 1.29 is 9.53 Å². The van der Waals surface area contributed by atoms with Gasteiger partial charge in [-0.2, -0.15) is 0 Å². The SMILES string of the molecule is CC(C)C(C)NC(=O)COc1ccc(CN)nc1. The van der Waals surface area contributed by atoms with Crippen molar-refractivity contribution in [3.63, 3.8) is 0 Å². The van der Waals surface area contributed by atoms with Crippen molar-refractivity contribution in [2.24, 2.45) is 11.7 Å². The molecule has 0 aliphatic carbocycles. The van der Waals surface area contributed by atoms with Gasteiger partial charge in [0.2, 0.25) is 0 Å². The molecule has 1 aromatic rings. The van der Waals surface area contributed by atoms with Crippen molar-refractivity contribution >= 4 is 5.91 Å². The zero-order chi connectivity index (χ0) is 13.5. The maximum atomic E-state index is 11.6. The van der Waals surface area contributed by atoms with Crippen LogP contribution < -0.4 is 15.8 Å². The monoisotopic (exact) mass is 251 g/mol. The molecule has 18 heavy (non-hydrogen) atoms. The Morgan fingerprint density at radius 2 is 2.17 bits per heavy atom. The Bertz CT molecular complexity index is 376. The minimum absolute atomic E-state index is 0.000706. The summed E-state index contributed by atoms with van der Waals surface area (Å²) >= 11 is 0. The van der Waals surface area contributed by atoms with Gasteiger partial charge in [-0.15, -0.1) is 0 Å². The van der Waals surface area contributed by atoms with E-state index in [0.717, 1.165) is 5.69 Å². The van der Waals surface area contributed by atoms with Crippen molar-refractivity contribution in [3.8, 4) is 5.75 Å². The summed E-state index contributed by atoms with van der Waals surface area (Å²) in [6.45, 7) is 6.48. The summed E-state index contributed by atoms with van der Waals surface area (Å²) < 4.78 is 5.33. The zero-order valence-electron chi connectivity index (χ0n) is 11.1. The van der Waals surface area contributed by atoms with E-state index < -0.39 is 0 Å². The molecule has 0 saturated carbocycles. The molecule has 1 rings (SSSR count). The van der Waals surface area contributed by atoms with Crippen LogP contribution in [0.5, 0.6) is 5.75 Å². The highest BCUT2D eigenvalue weighted by Crippen LogP contribution is 2.08. The van der Waals surface area contributed by atoms with Crippen LogP contribution in [-0.4, -0.2) is 23.5 Å². The van der Waals surface area contributed by atoms with Gasteiger partial charge in [0.15, 0.2) is 6.61 Å². The second-order valence-electron chi connectivity index (χ2n) is 4.58. The Kier molecular flexibility index (Phi) is 5.58. The minimum atomic E-state index is -0.126. The van der Waals surface area contributed by atoms with Gasteiger partial charge in [0, 0.05) is 12.6 Å². The molecule has 0 fully saturated rings. The first-order valence-corrected chi connectivity index (χ1v) is 6.10. The topological polar surface area (TPSA) is 77.2 Å². The van der Waals surface area contributed by atoms with Gasteiger partial charge < -0.3 is 15.8 Å². The standard InChI is InChI=1S/C13H21N3O2/c1-9(2)10(3)16-13(17)8-18-12-5-4-11(6-14)15-7-12/h4-5,7,9-10H,6,8,14H2,1-3H3,(H,16,17). The molecule has 5 heteroatoms. The predicted octanol–water partition coefficient (Wildman–Crippen LogP) is 1.08. The molecular formula is C13H21N3O2. The number of hydrogen-bond donors (Lipinski definition) is 2. The normalized spacial score (nSPS) is 12.3. The van der Waals surface area contributed by atoms with Crippen LogP contribution in [-0.2, 0) is 11.3 Å². The maximum Gasteiger partial charge on any atom is 0.258 e. The fourth-order valence-corrected chi connectivity index (χ4v) is 1.23. The number of carbonyl (C=O) groups excluding carboxylic acids is 1. The highest BCUT2D eigenvalue weighted by Gasteiger charge is 2.11. The molecule has 1 unspecified atom stereocenters. The van der Waals surface area contributed by atoms with Crippen LogP contribution >= 0.6 is 0 Å². The second-order valence-corrected chi connectivity index (χ2v) is 4.58. The lowest BCUT2D eigenvalue weighted by Crippen LogP contribution is -2.38. The number of ether oxygens (including phenoxy) is 1. The largest absolute Gasteiger partial charge is 0.482 e. The molecule has 3 N–H and O–H groups in total. The minimum Gasteiger partial charge on any atom is -0.482 e. The van der Waals surface area contributed by atoms with Crippen molar-refractivity contribution in [2.75, 3.05) is 6.61 Å². The van der Waals surface area contributed by atoms with Gasteiger partial charge in [-0.1, -0.05) is 13.8 Å². The maximum absolute atomic E-state index is 11.6. The molecule has 1 heterocycles. The molecule has 0 aliphatic rings. The molecule has 1 aromatic heterocycles. The van der Waals surface area contributed by atoms with Crippen LogP contribution in [0.4, 0.5) is 0 Å². The first-order valence-electron chi connectivity index (χ1n) is 6.10. The highest BCUT2D eigenvalue weighted by molar-refractivity contribution is 5.77. The van der Waals surface area contributed by atoms with Gasteiger partial charge in [-0.05, 0) is 25.0 Å². The number of pyridine rings is 1. The first-order chi connectivity index (χ1) is 8.52. The molecule has 0 saturated heterocycles. The summed E-state index contributed by atoms with van der Waals surface area (Å²) in [5.74, 6) is 0.845. The van der Waals surface area contributed by atoms with Crippen LogP contribution in [0.2, 0.25) is 0 Å². The number of aromatic nitrogens is 1. The van der Waals surface area contributed by atoms with E-state index in [0.29, 0.717) is 18.2 Å². The molecule has 0 radical (unpaired) electrons. The Balaban J connectivity index is 2.37. The summed E-state index contributed by atoms with van der Waals surface area (Å²) in [5, 5.41) is 2.87. The lowest BCUT2D eigenvalue weighted by Gasteiger charge is -2.17. The Labute approximate surface area is 108 Å². The van der Waals surface area contributed by atoms with Gasteiger partial charge >= 0.3 is 0 Å².